The van der Waals surface area contributed by atoms with Crippen LogP contribution in [0.5, 0.6) is 0 Å². The lowest BCUT2D eigenvalue weighted by Crippen LogP contribution is -2.71. The molecule has 0 saturated carbocycles. The summed E-state index contributed by atoms with van der Waals surface area (Å²) in [5.41, 5.74) is 0. The van der Waals surface area contributed by atoms with Crippen LogP contribution in [0.25, 0.3) is 0 Å². The zero-order valence-corrected chi connectivity index (χ0v) is 58.7. The molecule has 0 aliphatic carbocycles. The van der Waals surface area contributed by atoms with Crippen molar-refractivity contribution in [3.8, 4) is 0 Å². The quantitative estimate of drug-likeness (QED) is 0.180. The van der Waals surface area contributed by atoms with Crippen molar-refractivity contribution < 1.29 is 5.11 Å². The number of hydrogen-bond donors (Lipinski definition) is 1. The van der Waals surface area contributed by atoms with E-state index in [9.17, 15) is 5.11 Å². The van der Waals surface area contributed by atoms with Gasteiger partial charge < -0.3 is 5.11 Å². The van der Waals surface area contributed by atoms with Crippen LogP contribution in [0, 0.1) is 0 Å². The molecule has 0 heterocycles. The molecule has 1 nitrogen and oxygen atoms in total. The number of alkyl halides is 21. The summed E-state index contributed by atoms with van der Waals surface area (Å²) >= 11 is 54.6. The summed E-state index contributed by atoms with van der Waals surface area (Å²) < 4.78 is -2.67. The Balaban J connectivity index is 7.19. The molecule has 0 amide bonds. The fourth-order valence-electron chi connectivity index (χ4n) is 1.71. The van der Waals surface area contributed by atoms with Gasteiger partial charge in [0.15, 0.2) is 1.61 Å². The predicted octanol–water partition coefficient (Wildman–Crippen LogP) is 16.0. The Morgan fingerprint density at radius 3 is 0.656 bits per heavy atom. The Kier molecular flexibility index (Phi) is 24.8. The first kappa shape index (κ1) is 47.3. The molecule has 0 aliphatic heterocycles. The number of halogens is 21. The van der Waals surface area contributed by atoms with Crippen molar-refractivity contribution in [2.75, 3.05) is 0 Å². The third-order valence-corrected chi connectivity index (χ3v) is 64.8. The molecule has 22 heteroatoms. The molecule has 0 aromatic rings. The average molecular weight is 2800 g/mol. The van der Waals surface area contributed by atoms with Gasteiger partial charge in [0.25, 0.3) is 0 Å². The maximum absolute atomic E-state index is 11.1. The van der Waals surface area contributed by atoms with E-state index in [1.807, 2.05) is 0 Å². The van der Waals surface area contributed by atoms with Crippen molar-refractivity contribution >= 4 is 474 Å². The Labute approximate surface area is 475 Å². The second kappa shape index (κ2) is 16.8. The highest BCUT2D eigenvalue weighted by atomic mass is 127. The Morgan fingerprint density at radius 1 is 0.281 bits per heavy atom. The van der Waals surface area contributed by atoms with Crippen LogP contribution in [-0.2, 0) is 0 Å². The van der Waals surface area contributed by atoms with E-state index >= 15 is 0 Å². The van der Waals surface area contributed by atoms with Crippen molar-refractivity contribution in [2.45, 2.75) is 12.5 Å². The molecule has 0 saturated heterocycles. The van der Waals surface area contributed by atoms with E-state index in [2.05, 4.69) is 474 Å². The van der Waals surface area contributed by atoms with E-state index in [-0.39, 0.29) is 9.43 Å². The molecule has 0 aliphatic rings. The molecule has 0 spiro atoms. The summed E-state index contributed by atoms with van der Waals surface area (Å²) in [5, 5.41) is 11.1. The third-order valence-electron chi connectivity index (χ3n) is 3.56. The average Bonchev–Trinajstić information content (AvgIpc) is 2.49. The van der Waals surface area contributed by atoms with Gasteiger partial charge in [-0.3, -0.25) is 0 Å². The van der Waals surface area contributed by atoms with E-state index in [1.165, 1.54) is 0 Å². The van der Waals surface area contributed by atoms with Gasteiger partial charge in [0.1, 0.15) is 10.9 Å². The molecule has 0 unspecified atom stereocenters. The van der Waals surface area contributed by atoms with Crippen molar-refractivity contribution in [3.63, 3.8) is 0 Å². The SMILES string of the molecule is OC(I)(I)C(I)(I)C(I)(I)C(I)(I)C(I)(I)C(I)(I)C(I)(I)C(I)(C(I)(I)I)C(I)(I)I. The Hall–Kier alpha value is 15.3. The Morgan fingerprint density at radius 2 is 0.469 bits per heavy atom. The van der Waals surface area contributed by atoms with E-state index < -0.39 is 3.04 Å². The second-order valence-corrected chi connectivity index (χ2v) is 66.3. The van der Waals surface area contributed by atoms with Crippen LogP contribution in [-0.4, -0.2) is 17.6 Å². The fraction of sp³-hybridized carbons (Fsp3) is 1.00. The lowest BCUT2D eigenvalue weighted by atomic mass is 10.0. The summed E-state index contributed by atoms with van der Waals surface area (Å²) in [6.07, 6.45) is 0. The molecule has 32 heavy (non-hydrogen) atoms. The molecule has 0 aromatic heterocycles. The smallest absolute Gasteiger partial charge is 0.192 e. The molecule has 0 rings (SSSR count). The highest BCUT2D eigenvalue weighted by molar-refractivity contribution is 14.3. The largest absolute Gasteiger partial charge is 0.369 e. The van der Waals surface area contributed by atoms with Gasteiger partial charge in [0, 0.05) is 0 Å². The van der Waals surface area contributed by atoms with E-state index in [0.717, 1.165) is 0 Å². The van der Waals surface area contributed by atoms with Gasteiger partial charge in [-0.1, -0.05) is 429 Å². The van der Waals surface area contributed by atoms with Crippen LogP contribution in [0.2, 0.25) is 0 Å². The monoisotopic (exact) mass is 2800 g/mol. The minimum atomic E-state index is -0.918. The van der Waals surface area contributed by atoms with Gasteiger partial charge in [-0.05, 0) is 45.2 Å². The normalized spacial score (nSPS) is 17.1. The van der Waals surface area contributed by atoms with Gasteiger partial charge in [-0.2, -0.15) is 0 Å². The van der Waals surface area contributed by atoms with E-state index in [0.29, 0.717) is 0 Å². The minimum Gasteiger partial charge on any atom is -0.369 e. The molecule has 0 aromatic carbocycles. The maximum Gasteiger partial charge on any atom is 0.192 e. The molecule has 0 fully saturated rings. The summed E-state index contributed by atoms with van der Waals surface area (Å²) in [6, 6.07) is 0. The zero-order valence-electron chi connectivity index (χ0n) is 13.4. The zero-order chi connectivity index (χ0) is 27.0. The molecule has 194 valence electrons. The lowest BCUT2D eigenvalue weighted by molar-refractivity contribution is 0.257. The Bertz CT molecular complexity index is 675. The molecule has 0 bridgehead atoms. The molecular weight excluding hydrogens is 2800 g/mol. The van der Waals surface area contributed by atoms with Gasteiger partial charge in [-0.25, -0.2) is 0 Å². The predicted molar refractivity (Wildman–Crippen MR) is 324 cm³/mol. The van der Waals surface area contributed by atoms with Crippen LogP contribution >= 0.6 is 474 Å². The third kappa shape index (κ3) is 9.58. The van der Waals surface area contributed by atoms with Crippen LogP contribution in [0.15, 0.2) is 0 Å². The summed E-state index contributed by atoms with van der Waals surface area (Å²) in [7, 11) is 0. The number of hydrogen-bond acceptors (Lipinski definition) is 1. The van der Waals surface area contributed by atoms with Crippen LogP contribution in [0.3, 0.4) is 0 Å². The van der Waals surface area contributed by atoms with E-state index in [1.54, 1.807) is 0 Å². The first-order chi connectivity index (χ1) is 13.2. The van der Waals surface area contributed by atoms with E-state index in [4.69, 9.17) is 0 Å². The second-order valence-electron chi connectivity index (χ2n) is 5.64. The number of rotatable bonds is 9. The standard InChI is InChI=1S/C10HI21O/c11-1(8(24,25)26,9(27,28)29)2(12,13)3(14,15)4(16,17)5(18,19)6(20,21)7(22,23)10(30,31)32/h32H. The first-order valence-corrected chi connectivity index (χ1v) is 29.1. The van der Waals surface area contributed by atoms with Gasteiger partial charge in [-0.15, -0.1) is 0 Å². The van der Waals surface area contributed by atoms with Crippen molar-refractivity contribution in [1.82, 2.24) is 0 Å². The number of aliphatic hydroxyl groups is 1. The first-order valence-electron chi connectivity index (χ1n) is 6.44. The van der Waals surface area contributed by atoms with Gasteiger partial charge in [0.2, 0.25) is 0 Å². The van der Waals surface area contributed by atoms with Crippen molar-refractivity contribution in [3.05, 3.63) is 0 Å². The highest BCUT2D eigenvalue weighted by Gasteiger charge is 2.80. The maximum atomic E-state index is 11.1. The van der Waals surface area contributed by atoms with Crippen molar-refractivity contribution in [2.24, 2.45) is 0 Å². The molecule has 0 radical (unpaired) electrons. The minimum absolute atomic E-state index is 0.0381. The van der Waals surface area contributed by atoms with Crippen LogP contribution < -0.4 is 0 Å². The van der Waals surface area contributed by atoms with Gasteiger partial charge >= 0.3 is 0 Å². The summed E-state index contributed by atoms with van der Waals surface area (Å²) in [6.45, 7) is 0. The highest BCUT2D eigenvalue weighted by Crippen LogP contribution is 2.81. The molecule has 0 atom stereocenters. The molecular formula is C10HI21O. The molecule has 1 N–H and O–H groups in total. The van der Waals surface area contributed by atoms with Crippen LogP contribution in [0.4, 0.5) is 0 Å². The summed E-state index contributed by atoms with van der Waals surface area (Å²) in [4.78, 5) is 0. The van der Waals surface area contributed by atoms with Crippen LogP contribution in [0.1, 0.15) is 0 Å². The van der Waals surface area contributed by atoms with Gasteiger partial charge in [0.05, 0.1) is 0 Å². The summed E-state index contributed by atoms with van der Waals surface area (Å²) in [5.74, 6) is 0. The van der Waals surface area contributed by atoms with Crippen molar-refractivity contribution in [1.29, 1.82) is 0 Å². The lowest BCUT2D eigenvalue weighted by Gasteiger charge is -2.61. The topological polar surface area (TPSA) is 20.2 Å². The fourth-order valence-corrected chi connectivity index (χ4v) is 39.6.